The summed E-state index contributed by atoms with van der Waals surface area (Å²) in [7, 11) is 1.49. The highest BCUT2D eigenvalue weighted by Crippen LogP contribution is 2.27. The molecule has 0 aliphatic carbocycles. The lowest BCUT2D eigenvalue weighted by atomic mass is 10.1. The molecule has 2 aromatic rings. The largest absolute Gasteiger partial charge is 0.494 e. The van der Waals surface area contributed by atoms with Crippen LogP contribution >= 0.6 is 0 Å². The number of benzene rings is 1. The molecule has 5 heteroatoms. The van der Waals surface area contributed by atoms with Gasteiger partial charge in [-0.25, -0.2) is 14.4 Å². The van der Waals surface area contributed by atoms with Crippen molar-refractivity contribution in [3.05, 3.63) is 52.9 Å². The van der Waals surface area contributed by atoms with Gasteiger partial charge in [0, 0.05) is 30.4 Å². The van der Waals surface area contributed by atoms with Crippen molar-refractivity contribution >= 4 is 0 Å². The van der Waals surface area contributed by atoms with Gasteiger partial charge in [-0.05, 0) is 50.6 Å². The number of nitrogens with zero attached hydrogens (tertiary/aromatic N) is 3. The fraction of sp³-hybridized carbons (Fsp3) is 0.444. The average molecular weight is 315 g/mol. The van der Waals surface area contributed by atoms with E-state index in [0.717, 1.165) is 48.8 Å². The van der Waals surface area contributed by atoms with Crippen LogP contribution in [0.5, 0.6) is 5.75 Å². The summed E-state index contributed by atoms with van der Waals surface area (Å²) in [5, 5.41) is 0. The Kier molecular flexibility index (Phi) is 4.57. The Morgan fingerprint density at radius 2 is 1.96 bits per heavy atom. The maximum absolute atomic E-state index is 13.5. The van der Waals surface area contributed by atoms with Gasteiger partial charge in [0.1, 0.15) is 5.82 Å². The minimum atomic E-state index is -0.320. The number of ether oxygens (including phenoxy) is 1. The molecule has 1 aliphatic heterocycles. The SMILES string of the molecule is COc1cc(CN2CC[C@@H](c3nc(C)cc(C)n3)C2)ccc1F. The molecule has 2 heterocycles. The highest BCUT2D eigenvalue weighted by molar-refractivity contribution is 5.30. The van der Waals surface area contributed by atoms with Gasteiger partial charge in [-0.15, -0.1) is 0 Å². The summed E-state index contributed by atoms with van der Waals surface area (Å²) < 4.78 is 18.5. The third kappa shape index (κ3) is 3.67. The minimum absolute atomic E-state index is 0.302. The first-order chi connectivity index (χ1) is 11.0. The standard InChI is InChI=1S/C18H22FN3O/c1-12-8-13(2)21-18(20-12)15-6-7-22(11-15)10-14-4-5-16(19)17(9-14)23-3/h4-5,8-9,15H,6-7,10-11H2,1-3H3/t15-/m1/s1. The number of hydrogen-bond donors (Lipinski definition) is 0. The molecule has 1 atom stereocenters. The van der Waals surface area contributed by atoms with Gasteiger partial charge in [-0.3, -0.25) is 4.90 Å². The molecule has 23 heavy (non-hydrogen) atoms. The van der Waals surface area contributed by atoms with Gasteiger partial charge in [0.25, 0.3) is 0 Å². The van der Waals surface area contributed by atoms with E-state index in [-0.39, 0.29) is 5.82 Å². The third-order valence-corrected chi connectivity index (χ3v) is 4.26. The van der Waals surface area contributed by atoms with Crippen molar-refractivity contribution in [1.29, 1.82) is 0 Å². The normalized spacial score (nSPS) is 18.3. The van der Waals surface area contributed by atoms with E-state index in [0.29, 0.717) is 11.7 Å². The highest BCUT2D eigenvalue weighted by Gasteiger charge is 2.26. The summed E-state index contributed by atoms with van der Waals surface area (Å²) in [5.74, 6) is 1.30. The second-order valence-electron chi connectivity index (χ2n) is 6.20. The molecule has 1 aromatic heterocycles. The van der Waals surface area contributed by atoms with Gasteiger partial charge in [-0.1, -0.05) is 6.07 Å². The van der Waals surface area contributed by atoms with Gasteiger partial charge in [0.05, 0.1) is 7.11 Å². The lowest BCUT2D eigenvalue weighted by Gasteiger charge is -2.16. The van der Waals surface area contributed by atoms with E-state index in [1.807, 2.05) is 26.0 Å². The smallest absolute Gasteiger partial charge is 0.165 e. The van der Waals surface area contributed by atoms with Crippen molar-refractivity contribution < 1.29 is 9.13 Å². The van der Waals surface area contributed by atoms with Crippen molar-refractivity contribution in [2.45, 2.75) is 32.7 Å². The molecule has 1 saturated heterocycles. The molecule has 0 N–H and O–H groups in total. The Morgan fingerprint density at radius 1 is 1.22 bits per heavy atom. The van der Waals surface area contributed by atoms with Crippen molar-refractivity contribution in [2.75, 3.05) is 20.2 Å². The lowest BCUT2D eigenvalue weighted by molar-refractivity contribution is 0.323. The first-order valence-corrected chi connectivity index (χ1v) is 7.92. The first kappa shape index (κ1) is 15.9. The Bertz CT molecular complexity index is 684. The zero-order chi connectivity index (χ0) is 16.4. The van der Waals surface area contributed by atoms with Gasteiger partial charge in [0.2, 0.25) is 0 Å². The van der Waals surface area contributed by atoms with E-state index < -0.39 is 0 Å². The number of aryl methyl sites for hydroxylation is 2. The number of aromatic nitrogens is 2. The second kappa shape index (κ2) is 6.62. The van der Waals surface area contributed by atoms with Crippen LogP contribution in [0.25, 0.3) is 0 Å². The summed E-state index contributed by atoms with van der Waals surface area (Å²) >= 11 is 0. The molecule has 0 unspecified atom stereocenters. The third-order valence-electron chi connectivity index (χ3n) is 4.26. The zero-order valence-electron chi connectivity index (χ0n) is 13.8. The Hall–Kier alpha value is -2.01. The first-order valence-electron chi connectivity index (χ1n) is 7.92. The maximum Gasteiger partial charge on any atom is 0.165 e. The van der Waals surface area contributed by atoms with Gasteiger partial charge in [-0.2, -0.15) is 0 Å². The number of halogens is 1. The summed E-state index contributed by atoms with van der Waals surface area (Å²) in [5.41, 5.74) is 3.11. The molecule has 1 aliphatic rings. The van der Waals surface area contributed by atoms with E-state index in [4.69, 9.17) is 4.74 Å². The molecule has 3 rings (SSSR count). The van der Waals surface area contributed by atoms with E-state index in [2.05, 4.69) is 14.9 Å². The molecule has 0 bridgehead atoms. The summed E-state index contributed by atoms with van der Waals surface area (Å²) in [6.07, 6.45) is 1.06. The molecule has 122 valence electrons. The summed E-state index contributed by atoms with van der Waals surface area (Å²) in [4.78, 5) is 11.5. The fourth-order valence-electron chi connectivity index (χ4n) is 3.18. The van der Waals surface area contributed by atoms with Crippen LogP contribution < -0.4 is 4.74 Å². The second-order valence-corrected chi connectivity index (χ2v) is 6.20. The van der Waals surface area contributed by atoms with Gasteiger partial charge in [0.15, 0.2) is 11.6 Å². The Morgan fingerprint density at radius 3 is 2.65 bits per heavy atom. The average Bonchev–Trinajstić information content (AvgIpc) is 2.97. The van der Waals surface area contributed by atoms with E-state index in [9.17, 15) is 4.39 Å². The van der Waals surface area contributed by atoms with Gasteiger partial charge < -0.3 is 4.74 Å². The lowest BCUT2D eigenvalue weighted by Crippen LogP contribution is -2.20. The predicted molar refractivity (Wildman–Crippen MR) is 87.1 cm³/mol. The predicted octanol–water partition coefficient (Wildman–Crippen LogP) is 3.23. The molecule has 0 radical (unpaired) electrons. The number of hydrogen-bond acceptors (Lipinski definition) is 4. The van der Waals surface area contributed by atoms with E-state index in [1.165, 1.54) is 13.2 Å². The van der Waals surface area contributed by atoms with Crippen LogP contribution in [-0.4, -0.2) is 35.1 Å². The van der Waals surface area contributed by atoms with Crippen LogP contribution in [-0.2, 0) is 6.54 Å². The molecule has 4 nitrogen and oxygen atoms in total. The van der Waals surface area contributed by atoms with Crippen LogP contribution in [0.15, 0.2) is 24.3 Å². The van der Waals surface area contributed by atoms with Crippen molar-refractivity contribution in [3.63, 3.8) is 0 Å². The monoisotopic (exact) mass is 315 g/mol. The number of rotatable bonds is 4. The van der Waals surface area contributed by atoms with Crippen LogP contribution in [0.4, 0.5) is 4.39 Å². The number of methoxy groups -OCH3 is 1. The molecular formula is C18H22FN3O. The van der Waals surface area contributed by atoms with E-state index in [1.54, 1.807) is 6.07 Å². The van der Waals surface area contributed by atoms with Crippen molar-refractivity contribution in [1.82, 2.24) is 14.9 Å². The van der Waals surface area contributed by atoms with Crippen LogP contribution in [0.2, 0.25) is 0 Å². The molecule has 1 aromatic carbocycles. The fourth-order valence-corrected chi connectivity index (χ4v) is 3.18. The number of likely N-dealkylation sites (tertiary alicyclic amines) is 1. The summed E-state index contributed by atoms with van der Waals surface area (Å²) in [6.45, 7) is 6.74. The molecule has 1 fully saturated rings. The Balaban J connectivity index is 1.68. The van der Waals surface area contributed by atoms with E-state index >= 15 is 0 Å². The van der Waals surface area contributed by atoms with Crippen LogP contribution in [0.1, 0.15) is 35.1 Å². The molecule has 0 saturated carbocycles. The molecule has 0 spiro atoms. The highest BCUT2D eigenvalue weighted by atomic mass is 19.1. The van der Waals surface area contributed by atoms with Crippen molar-refractivity contribution in [3.8, 4) is 5.75 Å². The zero-order valence-corrected chi connectivity index (χ0v) is 13.8. The topological polar surface area (TPSA) is 38.2 Å². The quantitative estimate of drug-likeness (QED) is 0.868. The van der Waals surface area contributed by atoms with Gasteiger partial charge >= 0.3 is 0 Å². The molecule has 0 amide bonds. The summed E-state index contributed by atoms with van der Waals surface area (Å²) in [6, 6.07) is 7.06. The molecular weight excluding hydrogens is 293 g/mol. The maximum atomic E-state index is 13.5. The Labute approximate surface area is 136 Å². The minimum Gasteiger partial charge on any atom is -0.494 e. The van der Waals surface area contributed by atoms with Crippen LogP contribution in [0, 0.1) is 19.7 Å². The van der Waals surface area contributed by atoms with Crippen LogP contribution in [0.3, 0.4) is 0 Å². The van der Waals surface area contributed by atoms with Crippen molar-refractivity contribution in [2.24, 2.45) is 0 Å².